The Hall–Kier alpha value is -2.05. The lowest BCUT2D eigenvalue weighted by Crippen LogP contribution is -2.69. The third kappa shape index (κ3) is 2.62. The first kappa shape index (κ1) is 21.8. The average Bonchev–Trinajstić information content (AvgIpc) is 3.34. The molecule has 170 valence electrons. The molecule has 0 radical (unpaired) electrons. The molecule has 6 atom stereocenters. The van der Waals surface area contributed by atoms with Crippen molar-refractivity contribution in [2.45, 2.75) is 45.4 Å². The Morgan fingerprint density at radius 3 is 2.66 bits per heavy atom. The van der Waals surface area contributed by atoms with Gasteiger partial charge in [0.2, 0.25) is 0 Å². The number of aliphatic hydroxyl groups excluding tert-OH is 1. The van der Waals surface area contributed by atoms with Crippen molar-refractivity contribution in [3.05, 3.63) is 46.7 Å². The van der Waals surface area contributed by atoms with Crippen LogP contribution in [0.25, 0.3) is 0 Å². The van der Waals surface area contributed by atoms with Gasteiger partial charge < -0.3 is 9.84 Å². The minimum Gasteiger partial charge on any atom is -0.461 e. The van der Waals surface area contributed by atoms with Crippen molar-refractivity contribution >= 4 is 28.9 Å². The minimum atomic E-state index is -1.12. The molecule has 6 heteroatoms. The van der Waals surface area contributed by atoms with E-state index in [1.165, 1.54) is 11.3 Å². The van der Waals surface area contributed by atoms with E-state index in [2.05, 4.69) is 13.2 Å². The number of esters is 1. The fraction of sp³-hybridized carbons (Fsp3) is 0.577. The van der Waals surface area contributed by atoms with Crippen molar-refractivity contribution in [3.8, 4) is 0 Å². The van der Waals surface area contributed by atoms with Gasteiger partial charge in [0.05, 0.1) is 12.0 Å². The van der Waals surface area contributed by atoms with Gasteiger partial charge in [-0.2, -0.15) is 0 Å². The molecule has 2 bridgehead atoms. The molecule has 0 aromatic carbocycles. The quantitative estimate of drug-likeness (QED) is 0.415. The number of rotatable bonds is 4. The Morgan fingerprint density at radius 2 is 1.97 bits per heavy atom. The third-order valence-corrected chi connectivity index (χ3v) is 9.99. The fourth-order valence-electron chi connectivity index (χ4n) is 7.84. The largest absolute Gasteiger partial charge is 0.461 e. The lowest BCUT2D eigenvalue weighted by Gasteiger charge is -2.66. The predicted molar refractivity (Wildman–Crippen MR) is 121 cm³/mol. The number of aliphatic hydroxyl groups is 1. The van der Waals surface area contributed by atoms with E-state index < -0.39 is 16.2 Å². The molecule has 0 amide bonds. The zero-order valence-corrected chi connectivity index (χ0v) is 19.3. The summed E-state index contributed by atoms with van der Waals surface area (Å²) < 4.78 is 5.74. The van der Waals surface area contributed by atoms with Crippen LogP contribution in [0.3, 0.4) is 0 Å². The molecule has 5 unspecified atom stereocenters. The van der Waals surface area contributed by atoms with Crippen LogP contribution in [0.5, 0.6) is 0 Å². The molecule has 5 aliphatic carbocycles. The number of allylic oxidation sites excluding steroid dienone is 2. The summed E-state index contributed by atoms with van der Waals surface area (Å²) in [5.41, 5.74) is -1.26. The van der Waals surface area contributed by atoms with E-state index in [-0.39, 0.29) is 48.5 Å². The number of ketones is 2. The highest BCUT2D eigenvalue weighted by atomic mass is 32.1. The van der Waals surface area contributed by atoms with E-state index in [1.807, 2.05) is 18.4 Å². The van der Waals surface area contributed by atoms with Gasteiger partial charge in [0, 0.05) is 23.4 Å². The van der Waals surface area contributed by atoms with E-state index in [1.54, 1.807) is 6.07 Å². The summed E-state index contributed by atoms with van der Waals surface area (Å²) in [6.07, 6.45) is 4.39. The third-order valence-electron chi connectivity index (χ3n) is 9.14. The Labute approximate surface area is 192 Å². The molecule has 1 N–H and O–H groups in total. The number of Topliss-reactive ketones (excluding diaryl/α,β-unsaturated/α-hetero) is 2. The topological polar surface area (TPSA) is 80.7 Å². The fourth-order valence-corrected chi connectivity index (χ4v) is 8.45. The van der Waals surface area contributed by atoms with Crippen LogP contribution in [0.2, 0.25) is 0 Å². The maximum Gasteiger partial charge on any atom is 0.348 e. The molecule has 5 saturated carbocycles. The predicted octanol–water partition coefficient (Wildman–Crippen LogP) is 4.37. The van der Waals surface area contributed by atoms with Crippen LogP contribution < -0.4 is 0 Å². The van der Waals surface area contributed by atoms with Gasteiger partial charge in [0.15, 0.2) is 11.6 Å². The summed E-state index contributed by atoms with van der Waals surface area (Å²) in [5, 5.41) is 12.7. The molecule has 5 aliphatic rings. The Kier molecular flexibility index (Phi) is 4.92. The first-order valence-corrected chi connectivity index (χ1v) is 12.4. The van der Waals surface area contributed by atoms with E-state index >= 15 is 0 Å². The van der Waals surface area contributed by atoms with E-state index in [9.17, 15) is 19.5 Å². The lowest BCUT2D eigenvalue weighted by molar-refractivity contribution is -0.187. The second kappa shape index (κ2) is 7.22. The van der Waals surface area contributed by atoms with Crippen molar-refractivity contribution < 1.29 is 24.2 Å². The zero-order valence-electron chi connectivity index (χ0n) is 18.5. The van der Waals surface area contributed by atoms with Crippen LogP contribution in [0.1, 0.15) is 55.1 Å². The molecule has 32 heavy (non-hydrogen) atoms. The Bertz CT molecular complexity index is 1030. The highest BCUT2D eigenvalue weighted by Crippen LogP contribution is 2.71. The number of carbonyl (C=O) groups is 3. The molecule has 0 aliphatic heterocycles. The van der Waals surface area contributed by atoms with Gasteiger partial charge in [-0.1, -0.05) is 32.6 Å². The van der Waals surface area contributed by atoms with Crippen molar-refractivity contribution in [2.24, 2.45) is 34.0 Å². The highest BCUT2D eigenvalue weighted by molar-refractivity contribution is 7.11. The molecule has 5 nitrogen and oxygen atoms in total. The molecule has 1 aromatic heterocycles. The number of carbonyl (C=O) groups excluding carboxylic acids is 3. The number of hydrogen-bond donors (Lipinski definition) is 1. The van der Waals surface area contributed by atoms with Gasteiger partial charge in [-0.05, 0) is 66.5 Å². The van der Waals surface area contributed by atoms with Crippen LogP contribution in [0.15, 0.2) is 41.8 Å². The summed E-state index contributed by atoms with van der Waals surface area (Å²) in [4.78, 5) is 40.4. The normalized spacial score (nSPS) is 40.8. The number of fused-ring (bicyclic) bond motifs is 3. The SMILES string of the molecule is C=C1C(=O)C23CCC1CC2C1(CO)CCC[C@@](C)(COC(=O)c2cccs2)C1C(=C)C3=O. The Morgan fingerprint density at radius 1 is 1.22 bits per heavy atom. The van der Waals surface area contributed by atoms with Crippen molar-refractivity contribution in [2.75, 3.05) is 13.2 Å². The molecule has 0 saturated heterocycles. The van der Waals surface area contributed by atoms with Crippen LogP contribution in [-0.4, -0.2) is 35.9 Å². The van der Waals surface area contributed by atoms with Gasteiger partial charge in [0.1, 0.15) is 4.88 Å². The van der Waals surface area contributed by atoms with Crippen LogP contribution >= 0.6 is 11.3 Å². The van der Waals surface area contributed by atoms with E-state index in [4.69, 9.17) is 4.74 Å². The highest BCUT2D eigenvalue weighted by Gasteiger charge is 2.72. The van der Waals surface area contributed by atoms with Gasteiger partial charge in [0.25, 0.3) is 0 Å². The second-order valence-electron chi connectivity index (χ2n) is 10.6. The number of hydrogen-bond acceptors (Lipinski definition) is 6. The first-order valence-electron chi connectivity index (χ1n) is 11.5. The lowest BCUT2D eigenvalue weighted by atomic mass is 9.35. The molecular weight excluding hydrogens is 424 g/mol. The van der Waals surface area contributed by atoms with Crippen molar-refractivity contribution in [1.82, 2.24) is 0 Å². The van der Waals surface area contributed by atoms with Crippen molar-refractivity contribution in [1.29, 1.82) is 0 Å². The average molecular weight is 455 g/mol. The number of ether oxygens (including phenoxy) is 1. The van der Waals surface area contributed by atoms with E-state index in [0.717, 1.165) is 25.7 Å². The van der Waals surface area contributed by atoms with Crippen molar-refractivity contribution in [3.63, 3.8) is 0 Å². The smallest absolute Gasteiger partial charge is 0.348 e. The maximum atomic E-state index is 13.9. The molecule has 6 rings (SSSR count). The first-order chi connectivity index (χ1) is 15.2. The molecular formula is C26H30O5S. The minimum absolute atomic E-state index is 0.0856. The van der Waals surface area contributed by atoms with Crippen LogP contribution in [-0.2, 0) is 14.3 Å². The summed E-state index contributed by atoms with van der Waals surface area (Å²) in [6, 6.07) is 3.54. The standard InChI is InChI=1S/C26H30O5S/c1-15-17-7-10-26(21(15)28)19(12-17)25(13-27)9-5-8-24(3,20(25)16(2)22(26)29)14-31-23(30)18-6-4-11-32-18/h4,6,11,17,19-20,27H,1-2,5,7-10,12-14H2,3H3/t17?,19?,20?,24-,25?,26?/m0/s1. The molecule has 1 aromatic rings. The molecule has 1 spiro atoms. The monoisotopic (exact) mass is 454 g/mol. The second-order valence-corrected chi connectivity index (χ2v) is 11.5. The van der Waals surface area contributed by atoms with Crippen LogP contribution in [0.4, 0.5) is 0 Å². The van der Waals surface area contributed by atoms with Gasteiger partial charge in [-0.25, -0.2) is 4.79 Å². The van der Waals surface area contributed by atoms with Gasteiger partial charge in [-0.15, -0.1) is 11.3 Å². The van der Waals surface area contributed by atoms with Crippen LogP contribution in [0, 0.1) is 34.0 Å². The van der Waals surface area contributed by atoms with E-state index in [0.29, 0.717) is 28.9 Å². The van der Waals surface area contributed by atoms with Gasteiger partial charge >= 0.3 is 5.97 Å². The summed E-state index contributed by atoms with van der Waals surface area (Å²) in [6.45, 7) is 10.4. The molecule has 1 heterocycles. The summed E-state index contributed by atoms with van der Waals surface area (Å²) in [7, 11) is 0. The number of thiophene rings is 1. The molecule has 5 fully saturated rings. The zero-order chi connectivity index (χ0) is 22.9. The maximum absolute atomic E-state index is 13.9. The Balaban J connectivity index is 1.54. The summed E-state index contributed by atoms with van der Waals surface area (Å²) in [5.74, 6) is -1.12. The van der Waals surface area contributed by atoms with Gasteiger partial charge in [-0.3, -0.25) is 9.59 Å². The summed E-state index contributed by atoms with van der Waals surface area (Å²) >= 11 is 1.33.